The summed E-state index contributed by atoms with van der Waals surface area (Å²) in [5, 5.41) is 0. The molecule has 1 fully saturated rings. The molecule has 7 heteroatoms. The molecule has 0 unspecified atom stereocenters. The van der Waals surface area contributed by atoms with Gasteiger partial charge in [0, 0.05) is 26.4 Å². The van der Waals surface area contributed by atoms with E-state index in [1.165, 1.54) is 21.6 Å². The third-order valence-corrected chi connectivity index (χ3v) is 4.04. The number of imide groups is 1. The summed E-state index contributed by atoms with van der Waals surface area (Å²) in [4.78, 5) is 48.3. The van der Waals surface area contributed by atoms with Gasteiger partial charge in [-0.25, -0.2) is 4.79 Å². The second kappa shape index (κ2) is 8.04. The van der Waals surface area contributed by atoms with Crippen molar-refractivity contribution in [3.63, 3.8) is 0 Å². The Balaban J connectivity index is 2.17. The summed E-state index contributed by atoms with van der Waals surface area (Å²) in [5.41, 5.74) is 0. The molecule has 1 heterocycles. The Morgan fingerprint density at radius 2 is 1.85 bits per heavy atom. The highest BCUT2D eigenvalue weighted by atomic mass is 32.2. The van der Waals surface area contributed by atoms with Gasteiger partial charge in [-0.1, -0.05) is 6.92 Å². The topological polar surface area (TPSA) is 74.8 Å². The predicted octanol–water partition coefficient (Wildman–Crippen LogP) is 0.942. The molecule has 0 radical (unpaired) electrons. The number of likely N-dealkylation sites (N-methyl/N-ethyl adjacent to an activating group) is 1. The van der Waals surface area contributed by atoms with Crippen LogP contribution in [0.4, 0.5) is 4.79 Å². The third-order valence-electron chi connectivity index (χ3n) is 2.99. The van der Waals surface area contributed by atoms with Gasteiger partial charge in [0.05, 0.1) is 11.5 Å². The number of carbonyl (C=O) groups excluding carboxylic acids is 4. The lowest BCUT2D eigenvalue weighted by molar-refractivity contribution is -0.125. The summed E-state index contributed by atoms with van der Waals surface area (Å²) in [5.74, 6) is 0.655. The Morgan fingerprint density at radius 3 is 2.40 bits per heavy atom. The van der Waals surface area contributed by atoms with E-state index in [9.17, 15) is 19.2 Å². The zero-order valence-electron chi connectivity index (χ0n) is 11.9. The van der Waals surface area contributed by atoms with Crippen LogP contribution >= 0.6 is 11.8 Å². The fourth-order valence-electron chi connectivity index (χ4n) is 1.78. The summed E-state index contributed by atoms with van der Waals surface area (Å²) in [7, 11) is 1.58. The largest absolute Gasteiger partial charge is 0.326 e. The standard InChI is InChI=1S/C13H20N2O4S/c1-3-10(16)8-20-9-11(17)5-4-6-15-12(18)7-14(2)13(15)19/h3-9H2,1-2H3. The Kier molecular flexibility index (Phi) is 6.70. The fraction of sp³-hybridized carbons (Fsp3) is 0.692. The lowest BCUT2D eigenvalue weighted by Gasteiger charge is -2.13. The average Bonchev–Trinajstić information content (AvgIpc) is 2.64. The second-order valence-electron chi connectivity index (χ2n) is 4.71. The number of urea groups is 1. The summed E-state index contributed by atoms with van der Waals surface area (Å²) in [6, 6.07) is -0.301. The van der Waals surface area contributed by atoms with E-state index in [1.54, 1.807) is 14.0 Å². The number of amides is 3. The minimum atomic E-state index is -0.301. The molecule has 0 N–H and O–H groups in total. The van der Waals surface area contributed by atoms with Gasteiger partial charge in [-0.3, -0.25) is 19.3 Å². The van der Waals surface area contributed by atoms with Crippen molar-refractivity contribution >= 4 is 35.3 Å². The molecule has 1 aliphatic heterocycles. The van der Waals surface area contributed by atoms with Gasteiger partial charge < -0.3 is 4.90 Å². The summed E-state index contributed by atoms with van der Waals surface area (Å²) >= 11 is 1.32. The second-order valence-corrected chi connectivity index (χ2v) is 5.70. The van der Waals surface area contributed by atoms with Crippen molar-refractivity contribution in [2.45, 2.75) is 26.2 Å². The van der Waals surface area contributed by atoms with E-state index >= 15 is 0 Å². The molecule has 0 aromatic heterocycles. The molecule has 1 rings (SSSR count). The van der Waals surface area contributed by atoms with E-state index < -0.39 is 0 Å². The Hall–Kier alpha value is -1.37. The first-order valence-corrected chi connectivity index (χ1v) is 7.77. The lowest BCUT2D eigenvalue weighted by Crippen LogP contribution is -2.32. The molecule has 3 amide bonds. The first-order chi connectivity index (χ1) is 9.45. The van der Waals surface area contributed by atoms with Crippen molar-refractivity contribution < 1.29 is 19.2 Å². The van der Waals surface area contributed by atoms with Gasteiger partial charge in [-0.15, -0.1) is 11.8 Å². The van der Waals surface area contributed by atoms with Gasteiger partial charge in [0.25, 0.3) is 0 Å². The number of ketones is 2. The minimum Gasteiger partial charge on any atom is -0.318 e. The molecule has 6 nitrogen and oxygen atoms in total. The van der Waals surface area contributed by atoms with Crippen molar-refractivity contribution in [2.75, 3.05) is 31.6 Å². The molecule has 0 bridgehead atoms. The number of nitrogens with zero attached hydrogens (tertiary/aromatic N) is 2. The van der Waals surface area contributed by atoms with Gasteiger partial charge in [-0.2, -0.15) is 0 Å². The highest BCUT2D eigenvalue weighted by Crippen LogP contribution is 2.10. The van der Waals surface area contributed by atoms with Crippen LogP contribution in [0.15, 0.2) is 0 Å². The number of carbonyl (C=O) groups is 4. The number of Topliss-reactive ketones (excluding diaryl/α,β-unsaturated/α-hetero) is 2. The predicted molar refractivity (Wildman–Crippen MR) is 76.6 cm³/mol. The van der Waals surface area contributed by atoms with Crippen molar-refractivity contribution in [2.24, 2.45) is 0 Å². The quantitative estimate of drug-likeness (QED) is 0.592. The Bertz CT molecular complexity index is 411. The van der Waals surface area contributed by atoms with Crippen LogP contribution in [0.2, 0.25) is 0 Å². The van der Waals surface area contributed by atoms with E-state index in [1.807, 2.05) is 0 Å². The number of thioether (sulfide) groups is 1. The van der Waals surface area contributed by atoms with Crippen molar-refractivity contribution in [1.29, 1.82) is 0 Å². The van der Waals surface area contributed by atoms with Crippen LogP contribution in [0.5, 0.6) is 0 Å². The monoisotopic (exact) mass is 300 g/mol. The Morgan fingerprint density at radius 1 is 1.20 bits per heavy atom. The maximum Gasteiger partial charge on any atom is 0.326 e. The minimum absolute atomic E-state index is 0.0475. The van der Waals surface area contributed by atoms with Crippen LogP contribution in [0.25, 0.3) is 0 Å². The van der Waals surface area contributed by atoms with Crippen molar-refractivity contribution in [3.05, 3.63) is 0 Å². The van der Waals surface area contributed by atoms with E-state index in [0.29, 0.717) is 30.8 Å². The third kappa shape index (κ3) is 4.96. The molecule has 0 aromatic carbocycles. The molecule has 0 atom stereocenters. The average molecular weight is 300 g/mol. The fourth-order valence-corrected chi connectivity index (χ4v) is 2.68. The van der Waals surface area contributed by atoms with Crippen LogP contribution in [0.1, 0.15) is 26.2 Å². The summed E-state index contributed by atoms with van der Waals surface area (Å²) < 4.78 is 0. The molecule has 20 heavy (non-hydrogen) atoms. The lowest BCUT2D eigenvalue weighted by atomic mass is 10.2. The highest BCUT2D eigenvalue weighted by Gasteiger charge is 2.32. The van der Waals surface area contributed by atoms with Crippen LogP contribution in [-0.2, 0) is 14.4 Å². The zero-order chi connectivity index (χ0) is 15.1. The summed E-state index contributed by atoms with van der Waals surface area (Å²) in [6.45, 7) is 2.19. The van der Waals surface area contributed by atoms with Crippen LogP contribution in [0, 0.1) is 0 Å². The van der Waals surface area contributed by atoms with Gasteiger partial charge >= 0.3 is 6.03 Å². The van der Waals surface area contributed by atoms with Crippen molar-refractivity contribution in [3.8, 4) is 0 Å². The molecule has 0 aliphatic carbocycles. The normalized spacial score (nSPS) is 15.1. The molecule has 0 saturated carbocycles. The first kappa shape index (κ1) is 16.7. The zero-order valence-corrected chi connectivity index (χ0v) is 12.7. The summed E-state index contributed by atoms with van der Waals surface area (Å²) in [6.07, 6.45) is 1.30. The highest BCUT2D eigenvalue weighted by molar-refractivity contribution is 8.00. The smallest absolute Gasteiger partial charge is 0.318 e. The molecule has 112 valence electrons. The molecule has 1 aliphatic rings. The van der Waals surface area contributed by atoms with E-state index in [0.717, 1.165) is 0 Å². The Labute approximate surface area is 122 Å². The van der Waals surface area contributed by atoms with E-state index in [-0.39, 0.29) is 36.6 Å². The maximum absolute atomic E-state index is 11.6. The van der Waals surface area contributed by atoms with E-state index in [2.05, 4.69) is 0 Å². The SMILES string of the molecule is CCC(=O)CSCC(=O)CCCN1C(=O)CN(C)C1=O. The van der Waals surface area contributed by atoms with Crippen LogP contribution < -0.4 is 0 Å². The number of hydrogen-bond acceptors (Lipinski definition) is 5. The van der Waals surface area contributed by atoms with Crippen LogP contribution in [-0.4, -0.2) is 64.9 Å². The van der Waals surface area contributed by atoms with Gasteiger partial charge in [0.1, 0.15) is 18.1 Å². The van der Waals surface area contributed by atoms with Crippen molar-refractivity contribution in [1.82, 2.24) is 9.80 Å². The number of hydrogen-bond donors (Lipinski definition) is 0. The molecular formula is C13H20N2O4S. The van der Waals surface area contributed by atoms with Gasteiger partial charge in [0.15, 0.2) is 0 Å². The van der Waals surface area contributed by atoms with Crippen LogP contribution in [0.3, 0.4) is 0 Å². The van der Waals surface area contributed by atoms with Gasteiger partial charge in [0.2, 0.25) is 5.91 Å². The molecular weight excluding hydrogens is 280 g/mol. The maximum atomic E-state index is 11.6. The molecule has 0 aromatic rings. The van der Waals surface area contributed by atoms with Gasteiger partial charge in [-0.05, 0) is 6.42 Å². The first-order valence-electron chi connectivity index (χ1n) is 6.62. The molecule has 1 saturated heterocycles. The van der Waals surface area contributed by atoms with E-state index in [4.69, 9.17) is 0 Å². The molecule has 0 spiro atoms. The number of rotatable bonds is 9.